The van der Waals surface area contributed by atoms with E-state index in [0.29, 0.717) is 26.0 Å². The van der Waals surface area contributed by atoms with E-state index >= 15 is 9.59 Å². The van der Waals surface area contributed by atoms with E-state index in [1.54, 1.807) is 90.4 Å². The molecule has 9 aliphatic rings. The summed E-state index contributed by atoms with van der Waals surface area (Å²) in [4.78, 5) is 112. The Kier molecular flexibility index (Phi) is 40.0. The Morgan fingerprint density at radius 3 is 1.29 bits per heavy atom. The summed E-state index contributed by atoms with van der Waals surface area (Å²) in [7, 11) is 8.97. The zero-order valence-electron chi connectivity index (χ0n) is 88.0. The number of hydrogen-bond donors (Lipinski definition) is 2. The number of rotatable bonds is 32. The molecule has 37 nitrogen and oxygen atoms in total. The second-order valence-electron chi connectivity index (χ2n) is 42.5. The van der Waals surface area contributed by atoms with Gasteiger partial charge in [-0.25, -0.2) is 26.4 Å². The van der Waals surface area contributed by atoms with Crippen LogP contribution < -0.4 is 0 Å². The molecule has 0 aromatic heterocycles. The molecule has 0 saturated carbocycles. The number of carbonyl (C=O) groups excluding carboxylic acids is 7. The summed E-state index contributed by atoms with van der Waals surface area (Å²) >= 11 is 0. The van der Waals surface area contributed by atoms with E-state index in [2.05, 4.69) is 23.6 Å². The van der Waals surface area contributed by atoms with Crippen molar-refractivity contribution in [3.05, 3.63) is 0 Å². The monoisotopic (exact) mass is 1980 g/mol. The Hall–Kier alpha value is -4.57. The van der Waals surface area contributed by atoms with Gasteiger partial charge in [0.25, 0.3) is 0 Å². The molecule has 0 aromatic rings. The average Bonchev–Trinajstić information content (AvgIpc) is 1.54. The molecule has 9 rings (SSSR count). The summed E-state index contributed by atoms with van der Waals surface area (Å²) in [5.41, 5.74) is -9.89. The maximum Gasteiger partial charge on any atom is 0.410 e. The smallest absolute Gasteiger partial charge is 0.410 e. The third kappa shape index (κ3) is 25.7. The van der Waals surface area contributed by atoms with Crippen LogP contribution in [0.25, 0.3) is 0 Å². The normalized spacial score (nSPS) is 42.7. The largest absolute Gasteiger partial charge is 0.458 e. The number of Topliss-reactive ketones (excluding diaryl/α,β-unsaturated/α-hetero) is 2. The first-order valence-electron chi connectivity index (χ1n) is 49.3. The van der Waals surface area contributed by atoms with Gasteiger partial charge in [0.05, 0.1) is 108 Å². The molecule has 39 heteroatoms. The predicted molar refractivity (Wildman–Crippen MR) is 505 cm³/mol. The van der Waals surface area contributed by atoms with Gasteiger partial charge >= 0.3 is 30.1 Å². The predicted octanol–water partition coefficient (Wildman–Crippen LogP) is 8.31. The van der Waals surface area contributed by atoms with Crippen molar-refractivity contribution in [1.82, 2.24) is 29.4 Å². The van der Waals surface area contributed by atoms with Gasteiger partial charge in [-0.2, -0.15) is 0 Å². The maximum absolute atomic E-state index is 15.0. The van der Waals surface area contributed by atoms with Gasteiger partial charge in [0.1, 0.15) is 72.0 Å². The van der Waals surface area contributed by atoms with Crippen LogP contribution in [0.4, 0.5) is 9.59 Å². The molecular formula is C97H172N6O31S2. The summed E-state index contributed by atoms with van der Waals surface area (Å²) in [5, 5.41) is 24.5. The number of ether oxygens (including phenoxy) is 18. The Morgan fingerprint density at radius 1 is 0.515 bits per heavy atom. The van der Waals surface area contributed by atoms with Crippen LogP contribution in [-0.2, 0) is 129 Å². The zero-order chi connectivity index (χ0) is 103. The zero-order valence-corrected chi connectivity index (χ0v) is 89.7. The highest BCUT2D eigenvalue weighted by molar-refractivity contribution is 7.90. The van der Waals surface area contributed by atoms with Crippen LogP contribution in [0.5, 0.6) is 0 Å². The van der Waals surface area contributed by atoms with Crippen molar-refractivity contribution in [3.63, 3.8) is 0 Å². The summed E-state index contributed by atoms with van der Waals surface area (Å²) < 4.78 is 166. The number of hydrogen-bond acceptors (Lipinski definition) is 35. The highest BCUT2D eigenvalue weighted by atomic mass is 32.2. The first-order valence-corrected chi connectivity index (χ1v) is 53.4. The number of epoxide rings is 1. The molecule has 9 aliphatic heterocycles. The van der Waals surface area contributed by atoms with Gasteiger partial charge in [0, 0.05) is 135 Å². The fourth-order valence-electron chi connectivity index (χ4n) is 23.4. The van der Waals surface area contributed by atoms with E-state index in [0.717, 1.165) is 32.1 Å². The summed E-state index contributed by atoms with van der Waals surface area (Å²) in [5.74, 6) is -9.56. The minimum absolute atomic E-state index is 0.0120. The Bertz CT molecular complexity index is 4230. The van der Waals surface area contributed by atoms with Crippen molar-refractivity contribution in [2.45, 2.75) is 391 Å². The Morgan fingerprint density at radius 2 is 0.912 bits per heavy atom. The number of ketones is 2. The molecule has 0 unspecified atom stereocenters. The molecule has 2 N–H and O–H groups in total. The Balaban J connectivity index is 0.000000335. The third-order valence-corrected chi connectivity index (χ3v) is 34.0. The quantitative estimate of drug-likeness (QED) is 0.0363. The number of esters is 3. The van der Waals surface area contributed by atoms with Crippen LogP contribution in [0.1, 0.15) is 223 Å². The van der Waals surface area contributed by atoms with Gasteiger partial charge in [-0.15, -0.1) is 0 Å². The van der Waals surface area contributed by atoms with E-state index in [1.807, 2.05) is 107 Å². The van der Waals surface area contributed by atoms with Crippen molar-refractivity contribution in [3.8, 4) is 0 Å². The van der Waals surface area contributed by atoms with Gasteiger partial charge in [0.2, 0.25) is 0 Å². The second kappa shape index (κ2) is 46.6. The van der Waals surface area contributed by atoms with E-state index in [1.165, 1.54) is 30.9 Å². The van der Waals surface area contributed by atoms with Crippen LogP contribution in [-0.4, -0.2) is 406 Å². The first kappa shape index (κ1) is 117. The summed E-state index contributed by atoms with van der Waals surface area (Å²) in [6.45, 7) is 45.6. The molecule has 0 bridgehead atoms. The highest BCUT2D eigenvalue weighted by Crippen LogP contribution is 2.54. The molecule has 9 heterocycles. The maximum atomic E-state index is 15.0. The lowest BCUT2D eigenvalue weighted by Crippen LogP contribution is -2.70. The van der Waals surface area contributed by atoms with Crippen molar-refractivity contribution >= 4 is 61.3 Å². The van der Waals surface area contributed by atoms with Gasteiger partial charge in [0.15, 0.2) is 42.5 Å². The topological polar surface area (TPSA) is 417 Å². The number of aliphatic hydroxyl groups is 2. The number of sulfone groups is 2. The fraction of sp³-hybridized carbons (Fsp3) is 0.928. The van der Waals surface area contributed by atoms with Crippen LogP contribution in [0, 0.1) is 47.3 Å². The number of methoxy groups -OCH3 is 4. The molecule has 788 valence electrons. The molecule has 136 heavy (non-hydrogen) atoms. The second-order valence-corrected chi connectivity index (χ2v) is 47.1. The van der Waals surface area contributed by atoms with Gasteiger partial charge in [-0.1, -0.05) is 69.2 Å². The highest BCUT2D eigenvalue weighted by Gasteiger charge is 2.69. The summed E-state index contributed by atoms with van der Waals surface area (Å²) in [6.07, 6.45) is -11.4. The average molecular weight is 1980 g/mol. The number of carbonyl (C=O) groups is 7. The van der Waals surface area contributed by atoms with Gasteiger partial charge in [-0.05, 0) is 183 Å². The Labute approximate surface area is 810 Å². The van der Waals surface area contributed by atoms with Crippen molar-refractivity contribution in [1.29, 1.82) is 0 Å². The SMILES string of the molecule is CC[C@H]1OC(=O)[C@H](C)[C@@H](O[C@H]2C[C@@](C)(OC)[C@@](O)(CN(C)CCN(CC)CC)[C@H](C)O2)[C@H](C)[C@@H](O[C@@H]2O[C@H](C)C[C@H](N(C)C)[C@H]2O)[C@@](C)(OC)C[C@@H](C)C(=O)[C@H](C)[C@H]2N(CCCS(C)(=O)=O)C(=O)O[C@]12C.CC[C@H]1OC(=O)[C@H](C)[C@@H](O[C@H]2C[C@@](C)(OC)[C@@]3(CO3)[C@H](C)O2)[C@H](C)[C@@H](O[C@@H]2O[C@H](C)C[C@H](N(C)C)[C@H]2OC(C)=O)[C@@](C)(OC)C[C@@H](C)C(=O)[C@H](C)[C@H]2N(CCCS(C)(=O)=O)C(=O)O[C@]12C. The van der Waals surface area contributed by atoms with Crippen LogP contribution >= 0.6 is 0 Å². The lowest BCUT2D eigenvalue weighted by atomic mass is 9.73. The first-order chi connectivity index (χ1) is 63.0. The van der Waals surface area contributed by atoms with Crippen LogP contribution in [0.15, 0.2) is 0 Å². The molecule has 0 aromatic carbocycles. The number of cyclic esters (lactones) is 2. The molecule has 1 spiro atoms. The molecule has 9 saturated heterocycles. The van der Waals surface area contributed by atoms with Gasteiger partial charge in [-0.3, -0.25) is 24.0 Å². The molecule has 0 radical (unpaired) electrons. The molecule has 36 atom stereocenters. The van der Waals surface area contributed by atoms with Crippen molar-refractivity contribution < 1.29 is 146 Å². The standard InChI is InChI=1S/C51H94N4O15S.C46H78N2O16S/c1-19-38-50(12)43(55(47(59)70-50)23-22-26-71(18,61)62)33(6)40(56)31(4)28-48(10,63-16)44(69-46-41(57)37(52(13)14)27-32(5)65-46)34(7)42(35(8)45(58)67-38)68-39-29-49(11,64-17)51(60,36(9)66-39)30-53(15)24-25-54(20-2)21-3;1-17-33-45(11)38(48(42(52)64-45)19-18-20-65(16,53)54)27(4)35(50)25(2)22-43(9,55-14)39(63-41-37(60-31(8)49)32(47(12)13)21-26(3)58-41)28(5)36(29(6)40(51)61-33)62-34-23-44(10,56-15)46(24-57-46)30(7)59-34/h31-39,41-44,46,57,60H,19-30H2,1-18H3;25-30,32-34,36-39,41H,17-24H2,1-16H3/t31-,32-,33+,34+,35-,36+,37+,38-,39+,41-,42+,43-,44-,46+,48+,49-,50-,51-;25-,26-,27+,28+,29-,30+,32+,33-,34+,36+,37-,38-,39-,41+,43+,44-,45-,46-/m11/s1. The minimum Gasteiger partial charge on any atom is -0.458 e. The molecule has 0 aliphatic carbocycles. The molecule has 9 fully saturated rings. The lowest BCUT2D eigenvalue weighted by Gasteiger charge is -2.54. The van der Waals surface area contributed by atoms with Crippen molar-refractivity contribution in [2.75, 3.05) is 140 Å². The van der Waals surface area contributed by atoms with Crippen molar-refractivity contribution in [2.24, 2.45) is 47.3 Å². The van der Waals surface area contributed by atoms with E-state index < -0.39 is 240 Å². The van der Waals surface area contributed by atoms with Crippen LogP contribution in [0.2, 0.25) is 0 Å². The molecule has 2 amide bonds. The number of amides is 2. The van der Waals surface area contributed by atoms with E-state index in [9.17, 15) is 51.0 Å². The van der Waals surface area contributed by atoms with E-state index in [-0.39, 0.29) is 118 Å². The third-order valence-electron chi connectivity index (χ3n) is 31.9. The summed E-state index contributed by atoms with van der Waals surface area (Å²) in [6, 6.07) is -2.53. The fourth-order valence-corrected chi connectivity index (χ4v) is 24.7. The van der Waals surface area contributed by atoms with E-state index in [4.69, 9.17) is 85.3 Å². The number of likely N-dealkylation sites (N-methyl/N-ethyl adjacent to an activating group) is 4. The number of aliphatic hydroxyl groups excluding tert-OH is 1. The minimum atomic E-state index is -3.39. The van der Waals surface area contributed by atoms with Gasteiger partial charge < -0.3 is 125 Å². The number of fused-ring (bicyclic) bond motifs is 2. The molecular weight excluding hydrogens is 1810 g/mol. The lowest BCUT2D eigenvalue weighted by molar-refractivity contribution is -0.339. The number of nitrogens with zero attached hydrogens (tertiary/aromatic N) is 6. The van der Waals surface area contributed by atoms with Crippen LogP contribution in [0.3, 0.4) is 0 Å².